The van der Waals surface area contributed by atoms with Crippen LogP contribution in [0.2, 0.25) is 0 Å². The average molecular weight is 451 g/mol. The van der Waals surface area contributed by atoms with Crippen molar-refractivity contribution in [2.75, 3.05) is 12.0 Å². The van der Waals surface area contributed by atoms with Gasteiger partial charge in [0.15, 0.2) is 17.9 Å². The van der Waals surface area contributed by atoms with Crippen molar-refractivity contribution in [3.63, 3.8) is 0 Å². The first kappa shape index (κ1) is 22.7. The number of carbonyl (C=O) groups is 1. The van der Waals surface area contributed by atoms with E-state index in [4.69, 9.17) is 18.6 Å². The van der Waals surface area contributed by atoms with Crippen LogP contribution in [0.25, 0.3) is 0 Å². The molecule has 1 aliphatic rings. The number of nitrogens with zero attached hydrogens (tertiary/aromatic N) is 2. The molecule has 7 heteroatoms. The maximum atomic E-state index is 12.4. The van der Waals surface area contributed by atoms with Crippen LogP contribution in [0.4, 0.5) is 11.4 Å². The van der Waals surface area contributed by atoms with Crippen LogP contribution in [0.1, 0.15) is 56.2 Å². The van der Waals surface area contributed by atoms with E-state index < -0.39 is 5.60 Å². The van der Waals surface area contributed by atoms with Gasteiger partial charge in [0.25, 0.3) is 0 Å². The number of carbonyl (C=O) groups excluding carboxylic acids is 1. The van der Waals surface area contributed by atoms with Crippen molar-refractivity contribution in [3.8, 4) is 11.5 Å². The molecule has 1 heterocycles. The minimum absolute atomic E-state index is 0.227. The Bertz CT molecular complexity index is 1070. The summed E-state index contributed by atoms with van der Waals surface area (Å²) in [7, 11) is 1.64. The van der Waals surface area contributed by atoms with Gasteiger partial charge in [0.2, 0.25) is 0 Å². The van der Waals surface area contributed by atoms with E-state index in [1.54, 1.807) is 25.4 Å². The molecular weight excluding hydrogens is 420 g/mol. The number of esters is 1. The fraction of sp³-hybridized carbons (Fsp3) is 0.385. The molecule has 0 saturated heterocycles. The standard InChI is InChI=1S/C26H30N2O5/c1-26(2,3)33-25(29)18-8-10-19(11-9-18)28(16-22-15-27-17-31-22)20-12-13-23(30-4)24(14-20)32-21-6-5-7-21/h8-15,17,21H,5-7,16H2,1-4H3. The van der Waals surface area contributed by atoms with E-state index >= 15 is 0 Å². The van der Waals surface area contributed by atoms with Crippen LogP contribution >= 0.6 is 0 Å². The molecule has 174 valence electrons. The second-order valence-corrected chi connectivity index (χ2v) is 9.11. The van der Waals surface area contributed by atoms with Crippen LogP contribution in [0, 0.1) is 0 Å². The Hall–Kier alpha value is -3.48. The van der Waals surface area contributed by atoms with Crippen molar-refractivity contribution in [1.82, 2.24) is 4.98 Å². The van der Waals surface area contributed by atoms with Gasteiger partial charge in [0.05, 0.1) is 31.5 Å². The number of aromatic nitrogens is 1. The van der Waals surface area contributed by atoms with Crippen molar-refractivity contribution in [3.05, 3.63) is 66.4 Å². The van der Waals surface area contributed by atoms with Crippen molar-refractivity contribution in [2.45, 2.75) is 58.3 Å². The van der Waals surface area contributed by atoms with Gasteiger partial charge in [0.1, 0.15) is 11.4 Å². The maximum absolute atomic E-state index is 12.4. The summed E-state index contributed by atoms with van der Waals surface area (Å²) in [6.45, 7) is 6.02. The van der Waals surface area contributed by atoms with E-state index in [0.717, 1.165) is 24.2 Å². The Morgan fingerprint density at radius 3 is 2.39 bits per heavy atom. The van der Waals surface area contributed by atoms with Gasteiger partial charge in [-0.1, -0.05) is 0 Å². The van der Waals surface area contributed by atoms with Crippen LogP contribution in [0.5, 0.6) is 11.5 Å². The van der Waals surface area contributed by atoms with Crippen LogP contribution in [-0.2, 0) is 11.3 Å². The summed E-state index contributed by atoms with van der Waals surface area (Å²) in [6, 6.07) is 13.2. The Labute approximate surface area is 194 Å². The summed E-state index contributed by atoms with van der Waals surface area (Å²) in [6.07, 6.45) is 6.64. The molecule has 1 aliphatic carbocycles. The number of hydrogen-bond acceptors (Lipinski definition) is 7. The summed E-state index contributed by atoms with van der Waals surface area (Å²) < 4.78 is 22.7. The lowest BCUT2D eigenvalue weighted by Gasteiger charge is -2.29. The summed E-state index contributed by atoms with van der Waals surface area (Å²) in [5, 5.41) is 0. The van der Waals surface area contributed by atoms with E-state index in [1.165, 1.54) is 12.8 Å². The number of methoxy groups -OCH3 is 1. The SMILES string of the molecule is COc1ccc(N(Cc2cnco2)c2ccc(C(=O)OC(C)(C)C)cc2)cc1OC1CCC1. The van der Waals surface area contributed by atoms with Crippen molar-refractivity contribution in [1.29, 1.82) is 0 Å². The minimum atomic E-state index is -0.548. The van der Waals surface area contributed by atoms with Gasteiger partial charge in [-0.25, -0.2) is 9.78 Å². The smallest absolute Gasteiger partial charge is 0.338 e. The third-order valence-corrected chi connectivity index (χ3v) is 5.42. The molecule has 1 saturated carbocycles. The Balaban J connectivity index is 1.64. The molecule has 33 heavy (non-hydrogen) atoms. The monoisotopic (exact) mass is 450 g/mol. The Morgan fingerprint density at radius 1 is 1.09 bits per heavy atom. The molecule has 0 spiro atoms. The average Bonchev–Trinajstić information content (AvgIpc) is 3.27. The molecule has 1 fully saturated rings. The lowest BCUT2D eigenvalue weighted by Crippen LogP contribution is -2.25. The molecule has 0 aliphatic heterocycles. The van der Waals surface area contributed by atoms with Gasteiger partial charge in [-0.3, -0.25) is 0 Å². The van der Waals surface area contributed by atoms with E-state index in [-0.39, 0.29) is 12.1 Å². The third-order valence-electron chi connectivity index (χ3n) is 5.42. The summed E-state index contributed by atoms with van der Waals surface area (Å²) in [4.78, 5) is 18.5. The molecule has 7 nitrogen and oxygen atoms in total. The number of anilines is 2. The zero-order valence-electron chi connectivity index (χ0n) is 19.5. The number of rotatable bonds is 8. The normalized spacial score (nSPS) is 13.8. The first-order valence-electron chi connectivity index (χ1n) is 11.2. The molecule has 0 amide bonds. The molecule has 2 aromatic carbocycles. The van der Waals surface area contributed by atoms with Crippen molar-refractivity contribution >= 4 is 17.3 Å². The molecular formula is C26H30N2O5. The quantitative estimate of drug-likeness (QED) is 0.395. The molecule has 3 aromatic rings. The zero-order chi connectivity index (χ0) is 23.4. The first-order valence-corrected chi connectivity index (χ1v) is 11.2. The number of hydrogen-bond donors (Lipinski definition) is 0. The van der Waals surface area contributed by atoms with Gasteiger partial charge in [0, 0.05) is 17.4 Å². The fourth-order valence-electron chi connectivity index (χ4n) is 3.52. The number of ether oxygens (including phenoxy) is 3. The second-order valence-electron chi connectivity index (χ2n) is 9.11. The van der Waals surface area contributed by atoms with Gasteiger partial charge in [-0.2, -0.15) is 0 Å². The topological polar surface area (TPSA) is 74.0 Å². The molecule has 0 bridgehead atoms. The van der Waals surface area contributed by atoms with Crippen LogP contribution < -0.4 is 14.4 Å². The summed E-state index contributed by atoms with van der Waals surface area (Å²) >= 11 is 0. The molecule has 0 unspecified atom stereocenters. The minimum Gasteiger partial charge on any atom is -0.493 e. The lowest BCUT2D eigenvalue weighted by molar-refractivity contribution is 0.00695. The van der Waals surface area contributed by atoms with E-state index in [0.29, 0.717) is 29.4 Å². The maximum Gasteiger partial charge on any atom is 0.338 e. The Morgan fingerprint density at radius 2 is 1.82 bits per heavy atom. The summed E-state index contributed by atoms with van der Waals surface area (Å²) in [5.74, 6) is 1.78. The van der Waals surface area contributed by atoms with E-state index in [2.05, 4.69) is 9.88 Å². The predicted molar refractivity (Wildman–Crippen MR) is 125 cm³/mol. The lowest BCUT2D eigenvalue weighted by atomic mass is 9.96. The highest BCUT2D eigenvalue weighted by atomic mass is 16.6. The zero-order valence-corrected chi connectivity index (χ0v) is 19.5. The van der Waals surface area contributed by atoms with E-state index in [1.807, 2.05) is 51.1 Å². The fourth-order valence-corrected chi connectivity index (χ4v) is 3.52. The molecule has 0 N–H and O–H groups in total. The largest absolute Gasteiger partial charge is 0.493 e. The number of oxazole rings is 1. The van der Waals surface area contributed by atoms with E-state index in [9.17, 15) is 4.79 Å². The van der Waals surface area contributed by atoms with Crippen molar-refractivity contribution < 1.29 is 23.4 Å². The molecule has 0 radical (unpaired) electrons. The number of benzene rings is 2. The third kappa shape index (κ3) is 5.66. The molecule has 1 aromatic heterocycles. The first-order chi connectivity index (χ1) is 15.8. The molecule has 0 atom stereocenters. The van der Waals surface area contributed by atoms with Gasteiger partial charge < -0.3 is 23.5 Å². The van der Waals surface area contributed by atoms with Crippen LogP contribution in [0.15, 0.2) is 59.5 Å². The van der Waals surface area contributed by atoms with Gasteiger partial charge in [-0.05, 0) is 76.4 Å². The van der Waals surface area contributed by atoms with Gasteiger partial charge >= 0.3 is 5.97 Å². The highest BCUT2D eigenvalue weighted by molar-refractivity contribution is 5.90. The van der Waals surface area contributed by atoms with Crippen LogP contribution in [0.3, 0.4) is 0 Å². The van der Waals surface area contributed by atoms with Gasteiger partial charge in [-0.15, -0.1) is 0 Å². The highest BCUT2D eigenvalue weighted by Gasteiger charge is 2.23. The highest BCUT2D eigenvalue weighted by Crippen LogP contribution is 2.38. The Kier molecular flexibility index (Phi) is 6.58. The van der Waals surface area contributed by atoms with Crippen molar-refractivity contribution in [2.24, 2.45) is 0 Å². The molecule has 4 rings (SSSR count). The second kappa shape index (κ2) is 9.57. The summed E-state index contributed by atoms with van der Waals surface area (Å²) in [5.41, 5.74) is 1.75. The predicted octanol–water partition coefficient (Wildman–Crippen LogP) is 5.91. The van der Waals surface area contributed by atoms with Crippen LogP contribution in [-0.4, -0.2) is 29.8 Å².